The highest BCUT2D eigenvalue weighted by atomic mass is 16.6. The van der Waals surface area contributed by atoms with Crippen molar-refractivity contribution in [2.24, 2.45) is 0 Å². The van der Waals surface area contributed by atoms with Gasteiger partial charge in [-0.1, -0.05) is 26.3 Å². The second kappa shape index (κ2) is 8.41. The van der Waals surface area contributed by atoms with Crippen LogP contribution in [0.15, 0.2) is 12.7 Å². The number of aliphatic carboxylic acids is 1. The van der Waals surface area contributed by atoms with Gasteiger partial charge in [0, 0.05) is 6.42 Å². The molecule has 0 radical (unpaired) electrons. The van der Waals surface area contributed by atoms with Crippen LogP contribution in [0.5, 0.6) is 0 Å². The van der Waals surface area contributed by atoms with Crippen molar-refractivity contribution in [3.63, 3.8) is 0 Å². The lowest BCUT2D eigenvalue weighted by Crippen LogP contribution is -2.65. The van der Waals surface area contributed by atoms with Crippen LogP contribution in [0.4, 0.5) is 4.79 Å². The molecule has 7 nitrogen and oxygen atoms in total. The molecule has 0 aliphatic rings. The fraction of sp³-hybridized carbons (Fsp3) is 0.667. The summed E-state index contributed by atoms with van der Waals surface area (Å²) in [5.41, 5.74) is -2.69. The van der Waals surface area contributed by atoms with Crippen molar-refractivity contribution in [1.82, 2.24) is 10.6 Å². The van der Waals surface area contributed by atoms with Crippen molar-refractivity contribution in [2.75, 3.05) is 0 Å². The number of carbonyl (C=O) groups excluding carboxylic acids is 2. The number of ether oxygens (including phenoxy) is 1. The van der Waals surface area contributed by atoms with Gasteiger partial charge in [0.25, 0.3) is 0 Å². The van der Waals surface area contributed by atoms with Gasteiger partial charge >= 0.3 is 12.1 Å². The van der Waals surface area contributed by atoms with Crippen LogP contribution in [-0.2, 0) is 14.3 Å². The van der Waals surface area contributed by atoms with E-state index in [1.807, 2.05) is 6.92 Å². The third-order valence-corrected chi connectivity index (χ3v) is 2.76. The molecular weight excluding hydrogens is 288 g/mol. The number of unbranched alkanes of at least 4 members (excludes halogenated alkanes) is 2. The number of carboxylic acid groups (broad SMARTS) is 1. The molecule has 0 aromatic rings. The molecule has 0 saturated heterocycles. The van der Waals surface area contributed by atoms with Gasteiger partial charge in [0.2, 0.25) is 11.6 Å². The first kappa shape index (κ1) is 19.9. The van der Waals surface area contributed by atoms with E-state index in [0.29, 0.717) is 6.42 Å². The molecule has 0 aliphatic heterocycles. The Bertz CT molecular complexity index is 428. The molecule has 0 aromatic heterocycles. The van der Waals surface area contributed by atoms with E-state index in [2.05, 4.69) is 17.2 Å². The summed E-state index contributed by atoms with van der Waals surface area (Å²) in [5.74, 6) is -2.04. The third kappa shape index (κ3) is 7.10. The standard InChI is InChI=1S/C15H26N2O5/c1-6-8-9-10-15(12(19)20,16-11(18)7-2)17-13(21)22-14(3,4)5/h7H,2,6,8-10H2,1,3-5H3,(H,16,18)(H,17,21)(H,19,20). The van der Waals surface area contributed by atoms with Crippen molar-refractivity contribution in [2.45, 2.75) is 64.6 Å². The van der Waals surface area contributed by atoms with Crippen LogP contribution in [0.3, 0.4) is 0 Å². The molecular formula is C15H26N2O5. The predicted octanol–water partition coefficient (Wildman–Crippen LogP) is 2.17. The fourth-order valence-corrected chi connectivity index (χ4v) is 1.75. The van der Waals surface area contributed by atoms with Crippen LogP contribution < -0.4 is 10.6 Å². The number of carbonyl (C=O) groups is 3. The van der Waals surface area contributed by atoms with Gasteiger partial charge < -0.3 is 15.2 Å². The van der Waals surface area contributed by atoms with Gasteiger partial charge in [-0.2, -0.15) is 0 Å². The Hall–Kier alpha value is -2.05. The molecule has 0 aliphatic carbocycles. The molecule has 0 bridgehead atoms. The quantitative estimate of drug-likeness (QED) is 0.362. The van der Waals surface area contributed by atoms with Crippen LogP contribution in [0.1, 0.15) is 53.4 Å². The summed E-state index contributed by atoms with van der Waals surface area (Å²) in [5, 5.41) is 14.1. The summed E-state index contributed by atoms with van der Waals surface area (Å²) in [6.07, 6.45) is 2.27. The average molecular weight is 314 g/mol. The van der Waals surface area contributed by atoms with Gasteiger partial charge in [-0.15, -0.1) is 0 Å². The van der Waals surface area contributed by atoms with Crippen LogP contribution in [-0.4, -0.2) is 34.3 Å². The summed E-state index contributed by atoms with van der Waals surface area (Å²) in [6.45, 7) is 10.2. The lowest BCUT2D eigenvalue weighted by molar-refractivity contribution is -0.149. The number of rotatable bonds is 8. The number of amides is 2. The van der Waals surface area contributed by atoms with E-state index in [1.54, 1.807) is 20.8 Å². The molecule has 1 atom stereocenters. The first-order chi connectivity index (χ1) is 10.1. The Kier molecular flexibility index (Phi) is 7.62. The van der Waals surface area contributed by atoms with E-state index >= 15 is 0 Å². The van der Waals surface area contributed by atoms with E-state index in [4.69, 9.17) is 4.74 Å². The topological polar surface area (TPSA) is 105 Å². The maximum atomic E-state index is 11.9. The van der Waals surface area contributed by atoms with E-state index < -0.39 is 29.2 Å². The van der Waals surface area contributed by atoms with Crippen LogP contribution in [0.2, 0.25) is 0 Å². The summed E-state index contributed by atoms with van der Waals surface area (Å²) < 4.78 is 5.07. The summed E-state index contributed by atoms with van der Waals surface area (Å²) in [7, 11) is 0. The Morgan fingerprint density at radius 1 is 1.18 bits per heavy atom. The third-order valence-electron chi connectivity index (χ3n) is 2.76. The summed E-state index contributed by atoms with van der Waals surface area (Å²) >= 11 is 0. The molecule has 0 heterocycles. The fourth-order valence-electron chi connectivity index (χ4n) is 1.75. The normalized spacial score (nSPS) is 13.6. The number of nitrogens with one attached hydrogen (secondary N) is 2. The molecule has 0 spiro atoms. The SMILES string of the molecule is C=CC(=O)NC(CCCCC)(NC(=O)OC(C)(C)C)C(=O)O. The van der Waals surface area contributed by atoms with Crippen LogP contribution >= 0.6 is 0 Å². The minimum atomic E-state index is -1.91. The number of hydrogen-bond donors (Lipinski definition) is 3. The monoisotopic (exact) mass is 314 g/mol. The Morgan fingerprint density at radius 3 is 2.18 bits per heavy atom. The number of hydrogen-bond acceptors (Lipinski definition) is 4. The lowest BCUT2D eigenvalue weighted by atomic mass is 10.0. The number of carboxylic acids is 1. The Morgan fingerprint density at radius 2 is 1.77 bits per heavy atom. The van der Waals surface area contributed by atoms with Gasteiger partial charge in [0.15, 0.2) is 0 Å². The largest absolute Gasteiger partial charge is 0.478 e. The van der Waals surface area contributed by atoms with Crippen molar-refractivity contribution in [3.8, 4) is 0 Å². The maximum absolute atomic E-state index is 11.9. The highest BCUT2D eigenvalue weighted by Crippen LogP contribution is 2.15. The van der Waals surface area contributed by atoms with Gasteiger partial charge in [-0.3, -0.25) is 10.1 Å². The minimum Gasteiger partial charge on any atom is -0.478 e. The van der Waals surface area contributed by atoms with E-state index in [1.165, 1.54) is 0 Å². The molecule has 7 heteroatoms. The molecule has 0 rings (SSSR count). The van der Waals surface area contributed by atoms with Gasteiger partial charge in [-0.25, -0.2) is 9.59 Å². The Balaban J connectivity index is 5.24. The van der Waals surface area contributed by atoms with Gasteiger partial charge in [-0.05, 0) is 33.3 Å². The molecule has 126 valence electrons. The van der Waals surface area contributed by atoms with Crippen molar-refractivity contribution < 1.29 is 24.2 Å². The molecule has 22 heavy (non-hydrogen) atoms. The molecule has 0 saturated carbocycles. The zero-order valence-corrected chi connectivity index (χ0v) is 13.7. The zero-order valence-electron chi connectivity index (χ0n) is 13.7. The predicted molar refractivity (Wildman–Crippen MR) is 82.2 cm³/mol. The minimum absolute atomic E-state index is 0.0506. The van der Waals surface area contributed by atoms with Crippen LogP contribution in [0.25, 0.3) is 0 Å². The first-order valence-corrected chi connectivity index (χ1v) is 7.25. The zero-order chi connectivity index (χ0) is 17.4. The van der Waals surface area contributed by atoms with Crippen LogP contribution in [0, 0.1) is 0 Å². The second-order valence-corrected chi connectivity index (χ2v) is 5.99. The summed E-state index contributed by atoms with van der Waals surface area (Å²) in [4.78, 5) is 35.1. The highest BCUT2D eigenvalue weighted by Gasteiger charge is 2.42. The molecule has 0 fully saturated rings. The van der Waals surface area contributed by atoms with Crippen molar-refractivity contribution in [3.05, 3.63) is 12.7 Å². The Labute approximate surface area is 131 Å². The van der Waals surface area contributed by atoms with Crippen molar-refractivity contribution in [1.29, 1.82) is 0 Å². The lowest BCUT2D eigenvalue weighted by Gasteiger charge is -2.32. The van der Waals surface area contributed by atoms with Crippen molar-refractivity contribution >= 4 is 18.0 Å². The van der Waals surface area contributed by atoms with E-state index in [9.17, 15) is 19.5 Å². The maximum Gasteiger partial charge on any atom is 0.409 e. The van der Waals surface area contributed by atoms with E-state index in [-0.39, 0.29) is 6.42 Å². The summed E-state index contributed by atoms with van der Waals surface area (Å²) in [6, 6.07) is 0. The smallest absolute Gasteiger partial charge is 0.409 e. The molecule has 3 N–H and O–H groups in total. The molecule has 1 unspecified atom stereocenters. The first-order valence-electron chi connectivity index (χ1n) is 7.25. The van der Waals surface area contributed by atoms with Gasteiger partial charge in [0.05, 0.1) is 0 Å². The van der Waals surface area contributed by atoms with Gasteiger partial charge in [0.1, 0.15) is 5.60 Å². The highest BCUT2D eigenvalue weighted by molar-refractivity contribution is 5.94. The second-order valence-electron chi connectivity index (χ2n) is 5.99. The average Bonchev–Trinajstić information content (AvgIpc) is 2.35. The van der Waals surface area contributed by atoms with E-state index in [0.717, 1.165) is 18.9 Å². The molecule has 2 amide bonds. The number of alkyl carbamates (subject to hydrolysis) is 1. The molecule has 0 aromatic carbocycles.